The Bertz CT molecular complexity index is 255. The maximum atomic E-state index is 3.72. The molecule has 1 heterocycles. The molecule has 0 aromatic rings. The molecule has 1 aliphatic heterocycles. The first-order chi connectivity index (χ1) is 9.08. The van der Waals surface area contributed by atoms with Crippen LogP contribution in [0.1, 0.15) is 40.0 Å². The standard InChI is InChI=1S/C16H33N3/c1-14(12-19-9-7-17-8-10-19)11-18-13-16(2,3)15-5-4-6-15/h14-15,17-18H,4-13H2,1-3H3. The zero-order valence-electron chi connectivity index (χ0n) is 13.2. The maximum absolute atomic E-state index is 3.72. The molecule has 19 heavy (non-hydrogen) atoms. The minimum Gasteiger partial charge on any atom is -0.316 e. The summed E-state index contributed by atoms with van der Waals surface area (Å²) in [5.74, 6) is 1.72. The molecule has 1 atom stereocenters. The minimum atomic E-state index is 0.493. The maximum Gasteiger partial charge on any atom is 0.0107 e. The molecule has 1 unspecified atom stereocenters. The molecule has 1 aliphatic carbocycles. The van der Waals surface area contributed by atoms with Crippen molar-refractivity contribution < 1.29 is 0 Å². The summed E-state index contributed by atoms with van der Waals surface area (Å²) in [6, 6.07) is 0. The van der Waals surface area contributed by atoms with Crippen LogP contribution >= 0.6 is 0 Å². The van der Waals surface area contributed by atoms with Crippen molar-refractivity contribution in [3.8, 4) is 0 Å². The molecule has 0 bridgehead atoms. The lowest BCUT2D eigenvalue weighted by Crippen LogP contribution is -2.46. The van der Waals surface area contributed by atoms with Crippen LogP contribution in [0.3, 0.4) is 0 Å². The fourth-order valence-corrected chi connectivity index (χ4v) is 3.37. The van der Waals surface area contributed by atoms with Gasteiger partial charge in [-0.05, 0) is 36.6 Å². The van der Waals surface area contributed by atoms with Gasteiger partial charge in [-0.1, -0.05) is 27.2 Å². The highest BCUT2D eigenvalue weighted by Crippen LogP contribution is 2.41. The van der Waals surface area contributed by atoms with Crippen LogP contribution < -0.4 is 10.6 Å². The molecule has 0 aromatic heterocycles. The molecule has 1 saturated heterocycles. The van der Waals surface area contributed by atoms with E-state index in [2.05, 4.69) is 36.3 Å². The second-order valence-corrected chi connectivity index (χ2v) is 7.40. The molecule has 1 saturated carbocycles. The molecule has 3 heteroatoms. The van der Waals surface area contributed by atoms with E-state index in [0.29, 0.717) is 5.41 Å². The van der Waals surface area contributed by atoms with Gasteiger partial charge in [0, 0.05) is 39.3 Å². The van der Waals surface area contributed by atoms with E-state index in [1.807, 2.05) is 0 Å². The fourth-order valence-electron chi connectivity index (χ4n) is 3.37. The summed E-state index contributed by atoms with van der Waals surface area (Å²) in [6.07, 6.45) is 4.35. The molecule has 2 N–H and O–H groups in total. The Morgan fingerprint density at radius 3 is 2.53 bits per heavy atom. The molecule has 0 amide bonds. The van der Waals surface area contributed by atoms with Gasteiger partial charge in [0.2, 0.25) is 0 Å². The van der Waals surface area contributed by atoms with Crippen molar-refractivity contribution in [1.29, 1.82) is 0 Å². The lowest BCUT2D eigenvalue weighted by atomic mass is 9.67. The van der Waals surface area contributed by atoms with Gasteiger partial charge in [-0.3, -0.25) is 0 Å². The summed E-state index contributed by atoms with van der Waals surface area (Å²) < 4.78 is 0. The van der Waals surface area contributed by atoms with Crippen LogP contribution in [0.5, 0.6) is 0 Å². The van der Waals surface area contributed by atoms with E-state index in [4.69, 9.17) is 0 Å². The Kier molecular flexibility index (Phi) is 5.67. The summed E-state index contributed by atoms with van der Waals surface area (Å²) >= 11 is 0. The van der Waals surface area contributed by atoms with Crippen LogP contribution in [-0.2, 0) is 0 Å². The van der Waals surface area contributed by atoms with Gasteiger partial charge in [-0.15, -0.1) is 0 Å². The predicted molar refractivity (Wildman–Crippen MR) is 82.5 cm³/mol. The van der Waals surface area contributed by atoms with E-state index in [-0.39, 0.29) is 0 Å². The van der Waals surface area contributed by atoms with E-state index < -0.39 is 0 Å². The van der Waals surface area contributed by atoms with Crippen LogP contribution in [0.15, 0.2) is 0 Å². The molecule has 0 spiro atoms. The largest absolute Gasteiger partial charge is 0.316 e. The van der Waals surface area contributed by atoms with Gasteiger partial charge in [-0.25, -0.2) is 0 Å². The van der Waals surface area contributed by atoms with Crippen molar-refractivity contribution in [2.75, 3.05) is 45.8 Å². The Labute approximate surface area is 119 Å². The lowest BCUT2D eigenvalue weighted by Gasteiger charge is -2.41. The molecule has 3 nitrogen and oxygen atoms in total. The number of nitrogens with one attached hydrogen (secondary N) is 2. The number of piperazine rings is 1. The van der Waals surface area contributed by atoms with Crippen LogP contribution in [0, 0.1) is 17.3 Å². The second kappa shape index (κ2) is 7.05. The minimum absolute atomic E-state index is 0.493. The fraction of sp³-hybridized carbons (Fsp3) is 1.00. The Balaban J connectivity index is 1.58. The van der Waals surface area contributed by atoms with Gasteiger partial charge in [0.25, 0.3) is 0 Å². The highest BCUT2D eigenvalue weighted by molar-refractivity contribution is 4.86. The molecule has 2 fully saturated rings. The van der Waals surface area contributed by atoms with Crippen molar-refractivity contribution in [3.05, 3.63) is 0 Å². The van der Waals surface area contributed by atoms with Crippen LogP contribution in [0.4, 0.5) is 0 Å². The molecular formula is C16H33N3. The summed E-state index contributed by atoms with van der Waals surface area (Å²) in [6.45, 7) is 15.6. The lowest BCUT2D eigenvalue weighted by molar-refractivity contribution is 0.116. The van der Waals surface area contributed by atoms with Gasteiger partial charge in [-0.2, -0.15) is 0 Å². The van der Waals surface area contributed by atoms with Gasteiger partial charge < -0.3 is 15.5 Å². The summed E-state index contributed by atoms with van der Waals surface area (Å²) in [4.78, 5) is 2.60. The Hall–Kier alpha value is -0.120. The van der Waals surface area contributed by atoms with E-state index in [1.54, 1.807) is 0 Å². The van der Waals surface area contributed by atoms with E-state index >= 15 is 0 Å². The summed E-state index contributed by atoms with van der Waals surface area (Å²) in [5.41, 5.74) is 0.493. The average molecular weight is 267 g/mol. The van der Waals surface area contributed by atoms with Crippen molar-refractivity contribution >= 4 is 0 Å². The van der Waals surface area contributed by atoms with Gasteiger partial charge in [0.15, 0.2) is 0 Å². The highest BCUT2D eigenvalue weighted by atomic mass is 15.2. The molecule has 0 aromatic carbocycles. The third-order valence-corrected chi connectivity index (χ3v) is 5.06. The average Bonchev–Trinajstić information content (AvgIpc) is 2.26. The predicted octanol–water partition coefficient (Wildman–Crippen LogP) is 1.94. The van der Waals surface area contributed by atoms with Crippen molar-refractivity contribution in [2.45, 2.75) is 40.0 Å². The molecule has 0 radical (unpaired) electrons. The number of hydrogen-bond donors (Lipinski definition) is 2. The van der Waals surface area contributed by atoms with Crippen molar-refractivity contribution in [3.63, 3.8) is 0 Å². The molecular weight excluding hydrogens is 234 g/mol. The third kappa shape index (κ3) is 4.73. The number of rotatable bonds is 7. The first-order valence-corrected chi connectivity index (χ1v) is 8.22. The molecule has 112 valence electrons. The third-order valence-electron chi connectivity index (χ3n) is 5.06. The van der Waals surface area contributed by atoms with Crippen molar-refractivity contribution in [2.24, 2.45) is 17.3 Å². The smallest absolute Gasteiger partial charge is 0.0107 e. The quantitative estimate of drug-likeness (QED) is 0.738. The summed E-state index contributed by atoms with van der Waals surface area (Å²) in [5, 5.41) is 7.14. The van der Waals surface area contributed by atoms with E-state index in [9.17, 15) is 0 Å². The zero-order chi connectivity index (χ0) is 13.7. The molecule has 2 aliphatic rings. The Morgan fingerprint density at radius 1 is 1.26 bits per heavy atom. The van der Waals surface area contributed by atoms with Crippen LogP contribution in [-0.4, -0.2) is 50.7 Å². The second-order valence-electron chi connectivity index (χ2n) is 7.40. The first kappa shape index (κ1) is 15.3. The SMILES string of the molecule is CC(CNCC(C)(C)C1CCC1)CN1CCNCC1. The number of hydrogen-bond acceptors (Lipinski definition) is 3. The van der Waals surface area contributed by atoms with Gasteiger partial charge in [0.05, 0.1) is 0 Å². The topological polar surface area (TPSA) is 27.3 Å². The van der Waals surface area contributed by atoms with Gasteiger partial charge in [0.1, 0.15) is 0 Å². The van der Waals surface area contributed by atoms with Gasteiger partial charge >= 0.3 is 0 Å². The number of nitrogens with zero attached hydrogens (tertiary/aromatic N) is 1. The first-order valence-electron chi connectivity index (χ1n) is 8.22. The molecule has 2 rings (SSSR count). The van der Waals surface area contributed by atoms with Crippen LogP contribution in [0.25, 0.3) is 0 Å². The zero-order valence-corrected chi connectivity index (χ0v) is 13.2. The normalized spacial score (nSPS) is 24.2. The van der Waals surface area contributed by atoms with E-state index in [0.717, 1.165) is 24.9 Å². The Morgan fingerprint density at radius 2 is 1.95 bits per heavy atom. The van der Waals surface area contributed by atoms with Crippen molar-refractivity contribution in [1.82, 2.24) is 15.5 Å². The highest BCUT2D eigenvalue weighted by Gasteiger charge is 2.33. The monoisotopic (exact) mass is 267 g/mol. The van der Waals surface area contributed by atoms with Crippen LogP contribution in [0.2, 0.25) is 0 Å². The van der Waals surface area contributed by atoms with E-state index in [1.165, 1.54) is 52.0 Å². The summed E-state index contributed by atoms with van der Waals surface area (Å²) in [7, 11) is 0.